The summed E-state index contributed by atoms with van der Waals surface area (Å²) in [5.41, 5.74) is 0.269. The lowest BCUT2D eigenvalue weighted by Gasteiger charge is -2.07. The van der Waals surface area contributed by atoms with Gasteiger partial charge in [-0.2, -0.15) is 13.2 Å². The monoisotopic (exact) mass is 268 g/mol. The number of nitrogens with zero attached hydrogens (tertiary/aromatic N) is 2. The summed E-state index contributed by atoms with van der Waals surface area (Å²) < 4.78 is 41.0. The van der Waals surface area contributed by atoms with Gasteiger partial charge in [0.05, 0.1) is 7.11 Å². The van der Waals surface area contributed by atoms with E-state index in [9.17, 15) is 18.0 Å². The number of aromatic nitrogens is 2. The number of hydrogen-bond donors (Lipinski definition) is 0. The van der Waals surface area contributed by atoms with Crippen LogP contribution in [0.5, 0.6) is 0 Å². The zero-order valence-corrected chi connectivity index (χ0v) is 9.47. The molecule has 0 aromatic carbocycles. The summed E-state index contributed by atoms with van der Waals surface area (Å²) in [5, 5.41) is -0.309. The van der Waals surface area contributed by atoms with Gasteiger partial charge < -0.3 is 4.74 Å². The fraction of sp³-hybridized carbons (Fsp3) is 0.444. The van der Waals surface area contributed by atoms with Gasteiger partial charge in [-0.1, -0.05) is 11.6 Å². The maximum absolute atomic E-state index is 12.2. The van der Waals surface area contributed by atoms with Crippen molar-refractivity contribution in [2.24, 2.45) is 0 Å². The molecule has 0 amide bonds. The topological polar surface area (TPSA) is 52.1 Å². The van der Waals surface area contributed by atoms with Crippen LogP contribution in [0.2, 0.25) is 5.15 Å². The Kier molecular flexibility index (Phi) is 4.28. The SMILES string of the molecule is COC(=O)CCc1cnc(C(F)(F)F)nc1Cl. The van der Waals surface area contributed by atoms with Crippen molar-refractivity contribution in [2.75, 3.05) is 7.11 Å². The normalized spacial score (nSPS) is 11.4. The van der Waals surface area contributed by atoms with Crippen LogP contribution in [0.15, 0.2) is 6.20 Å². The first-order valence-electron chi connectivity index (χ1n) is 4.50. The minimum Gasteiger partial charge on any atom is -0.469 e. The van der Waals surface area contributed by atoms with E-state index < -0.39 is 18.0 Å². The first kappa shape index (κ1) is 13.7. The molecule has 0 fully saturated rings. The first-order valence-corrected chi connectivity index (χ1v) is 4.88. The zero-order valence-electron chi connectivity index (χ0n) is 8.71. The molecule has 0 aliphatic heterocycles. The minimum atomic E-state index is -4.63. The largest absolute Gasteiger partial charge is 0.469 e. The molecule has 1 aromatic heterocycles. The molecule has 94 valence electrons. The van der Waals surface area contributed by atoms with E-state index in [4.69, 9.17) is 11.6 Å². The van der Waals surface area contributed by atoms with Crippen LogP contribution in [0.4, 0.5) is 13.2 Å². The van der Waals surface area contributed by atoms with E-state index in [1.807, 2.05) is 0 Å². The lowest BCUT2D eigenvalue weighted by Crippen LogP contribution is -2.12. The molecule has 0 aliphatic rings. The number of methoxy groups -OCH3 is 1. The molecule has 1 rings (SSSR count). The van der Waals surface area contributed by atoms with Crippen molar-refractivity contribution in [3.63, 3.8) is 0 Å². The third-order valence-electron chi connectivity index (χ3n) is 1.89. The van der Waals surface area contributed by atoms with Gasteiger partial charge in [-0.15, -0.1) is 0 Å². The van der Waals surface area contributed by atoms with E-state index in [0.29, 0.717) is 0 Å². The van der Waals surface area contributed by atoms with Gasteiger partial charge >= 0.3 is 12.1 Å². The molecule has 0 bridgehead atoms. The fourth-order valence-corrected chi connectivity index (χ4v) is 1.25. The van der Waals surface area contributed by atoms with E-state index in [-0.39, 0.29) is 23.6 Å². The van der Waals surface area contributed by atoms with Crippen LogP contribution in [0.25, 0.3) is 0 Å². The standard InChI is InChI=1S/C9H8ClF3N2O2/c1-17-6(16)3-2-5-4-14-8(9(11,12)13)15-7(5)10/h4H,2-3H2,1H3. The van der Waals surface area contributed by atoms with Crippen LogP contribution in [-0.4, -0.2) is 23.0 Å². The van der Waals surface area contributed by atoms with Crippen LogP contribution in [0.1, 0.15) is 17.8 Å². The molecule has 4 nitrogen and oxygen atoms in total. The second-order valence-electron chi connectivity index (χ2n) is 3.08. The van der Waals surface area contributed by atoms with Crippen molar-refractivity contribution in [2.45, 2.75) is 19.0 Å². The van der Waals surface area contributed by atoms with E-state index >= 15 is 0 Å². The zero-order chi connectivity index (χ0) is 13.1. The molecular weight excluding hydrogens is 261 g/mol. The van der Waals surface area contributed by atoms with Crippen molar-refractivity contribution in [1.29, 1.82) is 0 Å². The van der Waals surface area contributed by atoms with Gasteiger partial charge in [-0.25, -0.2) is 9.97 Å². The molecule has 17 heavy (non-hydrogen) atoms. The summed E-state index contributed by atoms with van der Waals surface area (Å²) in [7, 11) is 1.22. The van der Waals surface area contributed by atoms with Gasteiger partial charge in [0.25, 0.3) is 0 Å². The first-order chi connectivity index (χ1) is 7.84. The maximum atomic E-state index is 12.2. The minimum absolute atomic E-state index is 0.00491. The smallest absolute Gasteiger partial charge is 0.451 e. The maximum Gasteiger partial charge on any atom is 0.451 e. The molecule has 0 atom stereocenters. The molecule has 0 N–H and O–H groups in total. The van der Waals surface area contributed by atoms with Crippen molar-refractivity contribution in [3.8, 4) is 0 Å². The van der Waals surface area contributed by atoms with Gasteiger partial charge in [0, 0.05) is 18.2 Å². The number of rotatable bonds is 3. The highest BCUT2D eigenvalue weighted by Crippen LogP contribution is 2.27. The van der Waals surface area contributed by atoms with Gasteiger partial charge in [-0.05, 0) is 6.42 Å². The van der Waals surface area contributed by atoms with Gasteiger partial charge in [0.2, 0.25) is 5.82 Å². The van der Waals surface area contributed by atoms with Crippen LogP contribution in [-0.2, 0) is 22.1 Å². The van der Waals surface area contributed by atoms with Gasteiger partial charge in [-0.3, -0.25) is 4.79 Å². The molecule has 0 saturated heterocycles. The number of aryl methyl sites for hydroxylation is 1. The Labute approximate surface area is 99.8 Å². The van der Waals surface area contributed by atoms with Crippen LogP contribution < -0.4 is 0 Å². The number of hydrogen-bond acceptors (Lipinski definition) is 4. The highest BCUT2D eigenvalue weighted by Gasteiger charge is 2.35. The predicted molar refractivity (Wildman–Crippen MR) is 52.4 cm³/mol. The number of ether oxygens (including phenoxy) is 1. The summed E-state index contributed by atoms with van der Waals surface area (Å²) in [4.78, 5) is 17.1. The highest BCUT2D eigenvalue weighted by atomic mass is 35.5. The lowest BCUT2D eigenvalue weighted by molar-refractivity contribution is -0.145. The average molecular weight is 269 g/mol. The summed E-state index contributed by atoms with van der Waals surface area (Å²) in [5.74, 6) is -1.79. The van der Waals surface area contributed by atoms with Gasteiger partial charge in [0.15, 0.2) is 0 Å². The van der Waals surface area contributed by atoms with E-state index in [2.05, 4.69) is 14.7 Å². The number of alkyl halides is 3. The fourth-order valence-electron chi connectivity index (χ4n) is 1.03. The van der Waals surface area contributed by atoms with E-state index in [1.54, 1.807) is 0 Å². The Morgan fingerprint density at radius 1 is 1.53 bits per heavy atom. The molecule has 8 heteroatoms. The summed E-state index contributed by atoms with van der Waals surface area (Å²) in [6, 6.07) is 0. The molecule has 0 saturated carbocycles. The Hall–Kier alpha value is -1.37. The molecule has 1 heterocycles. The Morgan fingerprint density at radius 2 is 2.18 bits per heavy atom. The summed E-state index contributed by atoms with van der Waals surface area (Å²) >= 11 is 5.56. The van der Waals surface area contributed by atoms with Crippen LogP contribution in [0.3, 0.4) is 0 Å². The average Bonchev–Trinajstić information content (AvgIpc) is 2.25. The number of esters is 1. The summed E-state index contributed by atoms with van der Waals surface area (Å²) in [6.07, 6.45) is -3.54. The summed E-state index contributed by atoms with van der Waals surface area (Å²) in [6.45, 7) is 0. The van der Waals surface area contributed by atoms with E-state index in [0.717, 1.165) is 6.20 Å². The molecule has 0 unspecified atom stereocenters. The second-order valence-corrected chi connectivity index (χ2v) is 3.44. The lowest BCUT2D eigenvalue weighted by atomic mass is 10.2. The van der Waals surface area contributed by atoms with Crippen molar-refractivity contribution >= 4 is 17.6 Å². The molecule has 0 aliphatic carbocycles. The Bertz CT molecular complexity index is 423. The van der Waals surface area contributed by atoms with Crippen molar-refractivity contribution < 1.29 is 22.7 Å². The van der Waals surface area contributed by atoms with Gasteiger partial charge in [0.1, 0.15) is 5.15 Å². The predicted octanol–water partition coefficient (Wildman–Crippen LogP) is 2.25. The number of carbonyl (C=O) groups is 1. The highest BCUT2D eigenvalue weighted by molar-refractivity contribution is 6.30. The number of carbonyl (C=O) groups excluding carboxylic acids is 1. The Morgan fingerprint density at radius 3 is 2.65 bits per heavy atom. The third kappa shape index (κ3) is 3.85. The third-order valence-corrected chi connectivity index (χ3v) is 2.22. The molecule has 1 aromatic rings. The molecule has 0 radical (unpaired) electrons. The van der Waals surface area contributed by atoms with Crippen molar-refractivity contribution in [3.05, 3.63) is 22.7 Å². The quantitative estimate of drug-likeness (QED) is 0.623. The van der Waals surface area contributed by atoms with E-state index in [1.165, 1.54) is 7.11 Å². The Balaban J connectivity index is 2.80. The molecular formula is C9H8ClF3N2O2. The van der Waals surface area contributed by atoms with Crippen LogP contribution >= 0.6 is 11.6 Å². The second kappa shape index (κ2) is 5.31. The van der Waals surface area contributed by atoms with Crippen molar-refractivity contribution in [1.82, 2.24) is 9.97 Å². The number of halogens is 4. The van der Waals surface area contributed by atoms with Crippen LogP contribution in [0, 0.1) is 0 Å². The molecule has 0 spiro atoms.